The summed E-state index contributed by atoms with van der Waals surface area (Å²) < 4.78 is 5.71. The highest BCUT2D eigenvalue weighted by atomic mass is 35.5. The zero-order valence-electron chi connectivity index (χ0n) is 15.8. The van der Waals surface area contributed by atoms with Crippen LogP contribution in [0.25, 0.3) is 0 Å². The summed E-state index contributed by atoms with van der Waals surface area (Å²) in [5.74, 6) is 0.715. The summed E-state index contributed by atoms with van der Waals surface area (Å²) in [7, 11) is 0. The number of halogens is 1. The van der Waals surface area contributed by atoms with Crippen LogP contribution < -0.4 is 10.6 Å². The van der Waals surface area contributed by atoms with Gasteiger partial charge in [0.1, 0.15) is 0 Å². The van der Waals surface area contributed by atoms with Crippen LogP contribution in [0.15, 0.2) is 30.3 Å². The standard InChI is InChI=1S/C21H34N2O.ClH/c1-3-21(4-2,17-9-6-5-7-10-17)16-23-19-12-8-11-18(19)20-15-24-14-13-22-20;/h5-7,9-10,18-20,22-23H,3-4,8,11-16H2,1-2H3;1H. The van der Waals surface area contributed by atoms with E-state index in [0.717, 1.165) is 26.3 Å². The van der Waals surface area contributed by atoms with Crippen molar-refractivity contribution in [1.29, 1.82) is 0 Å². The van der Waals surface area contributed by atoms with Crippen molar-refractivity contribution in [3.8, 4) is 0 Å². The molecule has 25 heavy (non-hydrogen) atoms. The van der Waals surface area contributed by atoms with E-state index in [1.54, 1.807) is 0 Å². The van der Waals surface area contributed by atoms with Gasteiger partial charge in [-0.2, -0.15) is 0 Å². The lowest BCUT2D eigenvalue weighted by Gasteiger charge is -2.37. The molecule has 3 atom stereocenters. The van der Waals surface area contributed by atoms with Gasteiger partial charge >= 0.3 is 0 Å². The Morgan fingerprint density at radius 1 is 1.16 bits per heavy atom. The molecule has 1 aromatic rings. The van der Waals surface area contributed by atoms with Crippen LogP contribution in [0.3, 0.4) is 0 Å². The number of nitrogens with one attached hydrogen (secondary N) is 2. The highest BCUT2D eigenvalue weighted by molar-refractivity contribution is 5.85. The topological polar surface area (TPSA) is 33.3 Å². The molecule has 3 rings (SSSR count). The minimum Gasteiger partial charge on any atom is -0.379 e. The van der Waals surface area contributed by atoms with Crippen LogP contribution in [0.4, 0.5) is 0 Å². The SMILES string of the molecule is CCC(CC)(CNC1CCCC1C1COCCN1)c1ccccc1.Cl. The molecule has 0 amide bonds. The first-order chi connectivity index (χ1) is 11.8. The second-order valence-electron chi connectivity index (χ2n) is 7.57. The number of hydrogen-bond donors (Lipinski definition) is 2. The minimum atomic E-state index is 0. The summed E-state index contributed by atoms with van der Waals surface area (Å²) in [5, 5.41) is 7.66. The Bertz CT molecular complexity index is 486. The molecule has 3 unspecified atom stereocenters. The maximum absolute atomic E-state index is 5.71. The Morgan fingerprint density at radius 3 is 2.56 bits per heavy atom. The van der Waals surface area contributed by atoms with Gasteiger partial charge in [-0.15, -0.1) is 12.4 Å². The third-order valence-corrected chi connectivity index (χ3v) is 6.48. The van der Waals surface area contributed by atoms with Crippen molar-refractivity contribution in [1.82, 2.24) is 10.6 Å². The Balaban J connectivity index is 0.00000225. The van der Waals surface area contributed by atoms with Crippen LogP contribution in [0.1, 0.15) is 51.5 Å². The zero-order valence-corrected chi connectivity index (χ0v) is 16.6. The number of hydrogen-bond acceptors (Lipinski definition) is 3. The predicted molar refractivity (Wildman–Crippen MR) is 108 cm³/mol. The average molecular weight is 367 g/mol. The molecule has 1 aromatic carbocycles. The van der Waals surface area contributed by atoms with E-state index in [4.69, 9.17) is 4.74 Å². The van der Waals surface area contributed by atoms with Crippen molar-refractivity contribution in [2.45, 2.75) is 63.5 Å². The molecule has 1 aliphatic carbocycles. The molecule has 1 saturated carbocycles. The smallest absolute Gasteiger partial charge is 0.0623 e. The van der Waals surface area contributed by atoms with Crippen molar-refractivity contribution >= 4 is 12.4 Å². The van der Waals surface area contributed by atoms with Crippen molar-refractivity contribution in [3.63, 3.8) is 0 Å². The van der Waals surface area contributed by atoms with E-state index in [2.05, 4.69) is 54.8 Å². The van der Waals surface area contributed by atoms with Crippen molar-refractivity contribution in [2.75, 3.05) is 26.3 Å². The van der Waals surface area contributed by atoms with Gasteiger partial charge in [0.25, 0.3) is 0 Å². The minimum absolute atomic E-state index is 0. The van der Waals surface area contributed by atoms with E-state index < -0.39 is 0 Å². The quantitative estimate of drug-likeness (QED) is 0.767. The number of ether oxygens (including phenoxy) is 1. The number of benzene rings is 1. The van der Waals surface area contributed by atoms with E-state index in [0.29, 0.717) is 18.0 Å². The largest absolute Gasteiger partial charge is 0.379 e. The normalized spacial score (nSPS) is 27.0. The molecular weight excluding hydrogens is 332 g/mol. The predicted octanol–water partition coefficient (Wildman–Crippen LogP) is 3.91. The summed E-state index contributed by atoms with van der Waals surface area (Å²) in [4.78, 5) is 0. The first-order valence-corrected chi connectivity index (χ1v) is 9.89. The third-order valence-electron chi connectivity index (χ3n) is 6.48. The van der Waals surface area contributed by atoms with Gasteiger partial charge in [-0.25, -0.2) is 0 Å². The van der Waals surface area contributed by atoms with Crippen LogP contribution in [-0.2, 0) is 10.2 Å². The molecule has 2 fully saturated rings. The Kier molecular flexibility index (Phi) is 8.21. The molecule has 4 heteroatoms. The molecule has 142 valence electrons. The fourth-order valence-electron chi connectivity index (χ4n) is 4.71. The lowest BCUT2D eigenvalue weighted by molar-refractivity contribution is 0.0520. The van der Waals surface area contributed by atoms with Crippen molar-refractivity contribution in [3.05, 3.63) is 35.9 Å². The lowest BCUT2D eigenvalue weighted by atomic mass is 9.75. The van der Waals surface area contributed by atoms with Gasteiger partial charge in [0.15, 0.2) is 0 Å². The molecule has 2 aliphatic rings. The maximum atomic E-state index is 5.71. The number of rotatable bonds is 7. The van der Waals surface area contributed by atoms with Gasteiger partial charge in [-0.1, -0.05) is 50.6 Å². The third kappa shape index (κ3) is 4.77. The van der Waals surface area contributed by atoms with Crippen LogP contribution in [-0.4, -0.2) is 38.4 Å². The van der Waals surface area contributed by atoms with Gasteiger partial charge in [-0.05, 0) is 37.2 Å². The molecule has 2 N–H and O–H groups in total. The molecule has 0 spiro atoms. The van der Waals surface area contributed by atoms with E-state index >= 15 is 0 Å². The Labute approximate surface area is 159 Å². The van der Waals surface area contributed by atoms with Gasteiger partial charge < -0.3 is 15.4 Å². The summed E-state index contributed by atoms with van der Waals surface area (Å²) in [6.45, 7) is 8.50. The fourth-order valence-corrected chi connectivity index (χ4v) is 4.71. The number of morpholine rings is 1. The molecule has 1 saturated heterocycles. The molecular formula is C21H35ClN2O. The average Bonchev–Trinajstić information content (AvgIpc) is 3.13. The highest BCUT2D eigenvalue weighted by Crippen LogP contribution is 2.34. The van der Waals surface area contributed by atoms with E-state index in [-0.39, 0.29) is 17.8 Å². The van der Waals surface area contributed by atoms with Gasteiger partial charge in [0.2, 0.25) is 0 Å². The van der Waals surface area contributed by atoms with Crippen molar-refractivity contribution in [2.24, 2.45) is 5.92 Å². The molecule has 0 aromatic heterocycles. The Hall–Kier alpha value is -0.610. The van der Waals surface area contributed by atoms with E-state index in [1.165, 1.54) is 37.7 Å². The molecule has 0 radical (unpaired) electrons. The fraction of sp³-hybridized carbons (Fsp3) is 0.714. The van der Waals surface area contributed by atoms with E-state index in [1.807, 2.05) is 0 Å². The maximum Gasteiger partial charge on any atom is 0.0623 e. The lowest BCUT2D eigenvalue weighted by Crippen LogP contribution is -2.52. The first-order valence-electron chi connectivity index (χ1n) is 9.89. The van der Waals surface area contributed by atoms with Gasteiger partial charge in [0.05, 0.1) is 13.2 Å². The summed E-state index contributed by atoms with van der Waals surface area (Å²) in [6, 6.07) is 12.2. The van der Waals surface area contributed by atoms with Crippen LogP contribution in [0, 0.1) is 5.92 Å². The van der Waals surface area contributed by atoms with Gasteiger partial charge in [-0.3, -0.25) is 0 Å². The first kappa shape index (κ1) is 20.7. The van der Waals surface area contributed by atoms with Crippen LogP contribution >= 0.6 is 12.4 Å². The monoisotopic (exact) mass is 366 g/mol. The Morgan fingerprint density at radius 2 is 1.92 bits per heavy atom. The molecule has 1 heterocycles. The highest BCUT2D eigenvalue weighted by Gasteiger charge is 2.36. The van der Waals surface area contributed by atoms with Crippen LogP contribution in [0.5, 0.6) is 0 Å². The summed E-state index contributed by atoms with van der Waals surface area (Å²) in [5.41, 5.74) is 1.74. The van der Waals surface area contributed by atoms with Crippen molar-refractivity contribution < 1.29 is 4.74 Å². The second kappa shape index (κ2) is 9.91. The second-order valence-corrected chi connectivity index (χ2v) is 7.57. The van der Waals surface area contributed by atoms with E-state index in [9.17, 15) is 0 Å². The summed E-state index contributed by atoms with van der Waals surface area (Å²) in [6.07, 6.45) is 6.35. The zero-order chi connectivity index (χ0) is 16.8. The molecule has 0 bridgehead atoms. The molecule has 1 aliphatic heterocycles. The summed E-state index contributed by atoms with van der Waals surface area (Å²) >= 11 is 0. The van der Waals surface area contributed by atoms with Gasteiger partial charge in [0, 0.05) is 30.6 Å². The van der Waals surface area contributed by atoms with Crippen LogP contribution in [0.2, 0.25) is 0 Å². The molecule has 3 nitrogen and oxygen atoms in total.